The second-order valence-electron chi connectivity index (χ2n) is 7.60. The highest BCUT2D eigenvalue weighted by Gasteiger charge is 2.17. The lowest BCUT2D eigenvalue weighted by Gasteiger charge is -2.11. The SMILES string of the molecule is COc1ccc(-c2nnc(SCC(=O)N/N=C(\C)c3ccc(Cl)cc3)n2-c2ccc(OC)cc2)cc1. The third kappa shape index (κ3) is 6.05. The van der Waals surface area contributed by atoms with Gasteiger partial charge in [-0.2, -0.15) is 5.10 Å². The lowest BCUT2D eigenvalue weighted by atomic mass is 10.1. The molecule has 0 radical (unpaired) electrons. The van der Waals surface area contributed by atoms with Crippen molar-refractivity contribution in [2.24, 2.45) is 5.10 Å². The van der Waals surface area contributed by atoms with Crippen molar-refractivity contribution in [1.29, 1.82) is 0 Å². The van der Waals surface area contributed by atoms with E-state index in [0.29, 0.717) is 21.7 Å². The van der Waals surface area contributed by atoms with Gasteiger partial charge >= 0.3 is 0 Å². The summed E-state index contributed by atoms with van der Waals surface area (Å²) in [5.41, 5.74) is 5.84. The summed E-state index contributed by atoms with van der Waals surface area (Å²) in [6.07, 6.45) is 0. The highest BCUT2D eigenvalue weighted by molar-refractivity contribution is 7.99. The molecule has 1 N–H and O–H groups in total. The van der Waals surface area contributed by atoms with Crippen LogP contribution in [0.1, 0.15) is 12.5 Å². The molecule has 3 aromatic carbocycles. The summed E-state index contributed by atoms with van der Waals surface area (Å²) in [6.45, 7) is 1.82. The van der Waals surface area contributed by atoms with E-state index in [0.717, 1.165) is 28.3 Å². The van der Waals surface area contributed by atoms with Gasteiger partial charge in [-0.05, 0) is 73.2 Å². The maximum atomic E-state index is 12.5. The highest BCUT2D eigenvalue weighted by Crippen LogP contribution is 2.29. The van der Waals surface area contributed by atoms with E-state index in [4.69, 9.17) is 21.1 Å². The molecule has 0 aliphatic rings. The van der Waals surface area contributed by atoms with Gasteiger partial charge in [0.05, 0.1) is 25.7 Å². The van der Waals surface area contributed by atoms with Crippen LogP contribution >= 0.6 is 23.4 Å². The Morgan fingerprint density at radius 3 is 2.17 bits per heavy atom. The Balaban J connectivity index is 1.54. The van der Waals surface area contributed by atoms with Crippen LogP contribution in [0, 0.1) is 0 Å². The number of nitrogens with one attached hydrogen (secondary N) is 1. The first-order valence-electron chi connectivity index (χ1n) is 10.9. The van der Waals surface area contributed by atoms with E-state index < -0.39 is 0 Å². The Kier molecular flexibility index (Phi) is 8.24. The van der Waals surface area contributed by atoms with E-state index in [-0.39, 0.29) is 11.7 Å². The van der Waals surface area contributed by atoms with E-state index >= 15 is 0 Å². The zero-order valence-electron chi connectivity index (χ0n) is 19.9. The number of methoxy groups -OCH3 is 2. The van der Waals surface area contributed by atoms with Gasteiger partial charge in [-0.1, -0.05) is 35.5 Å². The van der Waals surface area contributed by atoms with Crippen molar-refractivity contribution in [2.45, 2.75) is 12.1 Å². The van der Waals surface area contributed by atoms with E-state index in [1.54, 1.807) is 26.4 Å². The normalized spacial score (nSPS) is 11.3. The summed E-state index contributed by atoms with van der Waals surface area (Å²) >= 11 is 7.20. The molecule has 1 aromatic heterocycles. The molecule has 0 spiro atoms. The fraction of sp³-hybridized carbons (Fsp3) is 0.154. The van der Waals surface area contributed by atoms with E-state index in [9.17, 15) is 4.79 Å². The third-order valence-corrected chi connectivity index (χ3v) is 6.44. The van der Waals surface area contributed by atoms with Crippen molar-refractivity contribution >= 4 is 35.0 Å². The number of rotatable bonds is 9. The molecule has 10 heteroatoms. The van der Waals surface area contributed by atoms with E-state index in [1.165, 1.54) is 11.8 Å². The molecule has 0 aliphatic carbocycles. The van der Waals surface area contributed by atoms with Crippen molar-refractivity contribution in [3.05, 3.63) is 83.4 Å². The summed E-state index contributed by atoms with van der Waals surface area (Å²) in [4.78, 5) is 12.5. The largest absolute Gasteiger partial charge is 0.497 e. The number of hydrazone groups is 1. The van der Waals surface area contributed by atoms with Crippen LogP contribution in [0.5, 0.6) is 11.5 Å². The maximum Gasteiger partial charge on any atom is 0.250 e. The van der Waals surface area contributed by atoms with Gasteiger partial charge < -0.3 is 9.47 Å². The van der Waals surface area contributed by atoms with Crippen LogP contribution in [0.15, 0.2) is 83.1 Å². The number of amides is 1. The monoisotopic (exact) mass is 521 g/mol. The van der Waals surface area contributed by atoms with Gasteiger partial charge in [0.25, 0.3) is 5.91 Å². The van der Waals surface area contributed by atoms with Crippen LogP contribution in [-0.4, -0.2) is 46.4 Å². The number of hydrogen-bond donors (Lipinski definition) is 1. The summed E-state index contributed by atoms with van der Waals surface area (Å²) in [7, 11) is 3.24. The fourth-order valence-electron chi connectivity index (χ4n) is 3.32. The first kappa shape index (κ1) is 25.3. The molecule has 8 nitrogen and oxygen atoms in total. The van der Waals surface area contributed by atoms with Crippen molar-refractivity contribution in [3.8, 4) is 28.6 Å². The molecule has 0 saturated heterocycles. The topological polar surface area (TPSA) is 90.6 Å². The lowest BCUT2D eigenvalue weighted by Crippen LogP contribution is -2.21. The van der Waals surface area contributed by atoms with Crippen LogP contribution in [0.3, 0.4) is 0 Å². The van der Waals surface area contributed by atoms with E-state index in [1.807, 2.05) is 72.2 Å². The zero-order chi connectivity index (χ0) is 25.5. The van der Waals surface area contributed by atoms with Gasteiger partial charge in [-0.15, -0.1) is 10.2 Å². The number of aromatic nitrogens is 3. The molecule has 0 saturated carbocycles. The molecule has 36 heavy (non-hydrogen) atoms. The maximum absolute atomic E-state index is 12.5. The Morgan fingerprint density at radius 1 is 0.944 bits per heavy atom. The summed E-state index contributed by atoms with van der Waals surface area (Å²) in [5, 5.41) is 14.2. The van der Waals surface area contributed by atoms with E-state index in [2.05, 4.69) is 20.7 Å². The minimum absolute atomic E-state index is 0.105. The summed E-state index contributed by atoms with van der Waals surface area (Å²) in [6, 6.07) is 22.4. The van der Waals surface area contributed by atoms with Gasteiger partial charge in [0.2, 0.25) is 0 Å². The minimum atomic E-state index is -0.261. The molecule has 1 amide bonds. The smallest absolute Gasteiger partial charge is 0.250 e. The number of benzene rings is 3. The number of nitrogens with zero attached hydrogens (tertiary/aromatic N) is 4. The predicted molar refractivity (Wildman–Crippen MR) is 142 cm³/mol. The number of hydrogen-bond acceptors (Lipinski definition) is 7. The second-order valence-corrected chi connectivity index (χ2v) is 8.97. The Labute approximate surface area is 218 Å². The van der Waals surface area contributed by atoms with Crippen molar-refractivity contribution in [1.82, 2.24) is 20.2 Å². The van der Waals surface area contributed by atoms with Crippen LogP contribution in [0.25, 0.3) is 17.1 Å². The van der Waals surface area contributed by atoms with Gasteiger partial charge in [0.15, 0.2) is 11.0 Å². The summed E-state index contributed by atoms with van der Waals surface area (Å²) < 4.78 is 12.5. The van der Waals surface area contributed by atoms with Crippen LogP contribution in [0.4, 0.5) is 0 Å². The molecule has 184 valence electrons. The standard InChI is InChI=1S/C26H24ClN5O3S/c1-17(18-4-8-20(27)9-5-18)28-29-24(33)16-36-26-31-30-25(19-6-12-22(34-2)13-7-19)32(26)21-10-14-23(35-3)15-11-21/h4-15H,16H2,1-3H3,(H,29,33)/b28-17+. The average Bonchev–Trinajstić information content (AvgIpc) is 3.35. The molecular formula is C26H24ClN5O3S. The number of thioether (sulfide) groups is 1. The molecule has 4 rings (SSSR count). The van der Waals surface area contributed by atoms with Crippen molar-refractivity contribution in [3.63, 3.8) is 0 Å². The predicted octanol–water partition coefficient (Wildman–Crippen LogP) is 5.24. The molecule has 0 aliphatic heterocycles. The van der Waals surface area contributed by atoms with Gasteiger partial charge in [0, 0.05) is 16.3 Å². The lowest BCUT2D eigenvalue weighted by molar-refractivity contribution is -0.118. The van der Waals surface area contributed by atoms with Gasteiger partial charge in [-0.25, -0.2) is 5.43 Å². The minimum Gasteiger partial charge on any atom is -0.497 e. The molecule has 0 atom stereocenters. The van der Waals surface area contributed by atoms with Crippen molar-refractivity contribution in [2.75, 3.05) is 20.0 Å². The number of carbonyl (C=O) groups is 1. The first-order valence-corrected chi connectivity index (χ1v) is 12.3. The Hall–Kier alpha value is -3.82. The molecule has 0 unspecified atom stereocenters. The Bertz CT molecular complexity index is 1350. The van der Waals surface area contributed by atoms with Crippen LogP contribution in [-0.2, 0) is 4.79 Å². The van der Waals surface area contributed by atoms with Crippen LogP contribution < -0.4 is 14.9 Å². The zero-order valence-corrected chi connectivity index (χ0v) is 21.5. The summed E-state index contributed by atoms with van der Waals surface area (Å²) in [5.74, 6) is 1.97. The molecule has 4 aromatic rings. The van der Waals surface area contributed by atoms with Gasteiger partial charge in [0.1, 0.15) is 11.5 Å². The average molecular weight is 522 g/mol. The van der Waals surface area contributed by atoms with Gasteiger partial charge in [-0.3, -0.25) is 9.36 Å². The quantitative estimate of drug-likeness (QED) is 0.184. The molecule has 0 fully saturated rings. The third-order valence-electron chi connectivity index (χ3n) is 5.25. The first-order chi connectivity index (χ1) is 17.5. The van der Waals surface area contributed by atoms with Crippen molar-refractivity contribution < 1.29 is 14.3 Å². The molecular weight excluding hydrogens is 498 g/mol. The van der Waals surface area contributed by atoms with Crippen LogP contribution in [0.2, 0.25) is 5.02 Å². The molecule has 0 bridgehead atoms. The number of carbonyl (C=O) groups excluding carboxylic acids is 1. The number of ether oxygens (including phenoxy) is 2. The number of halogens is 1. The fourth-order valence-corrected chi connectivity index (χ4v) is 4.19. The highest BCUT2D eigenvalue weighted by atomic mass is 35.5. The molecule has 1 heterocycles. The second kappa shape index (κ2) is 11.7. The Morgan fingerprint density at radius 2 is 1.56 bits per heavy atom.